The number of aromatic nitrogens is 2. The van der Waals surface area contributed by atoms with Gasteiger partial charge in [0.1, 0.15) is 18.0 Å². The lowest BCUT2D eigenvalue weighted by atomic mass is 10.0. The molecule has 1 aliphatic heterocycles. The summed E-state index contributed by atoms with van der Waals surface area (Å²) in [6.45, 7) is 6.62. The Morgan fingerprint density at radius 2 is 2.20 bits per heavy atom. The van der Waals surface area contributed by atoms with E-state index in [1.807, 2.05) is 7.05 Å². The number of likely N-dealkylation sites (N-methyl/N-ethyl adjacent to an activating group) is 2. The molecule has 2 heterocycles. The molecular weight excluding hydrogens is 250 g/mol. The van der Waals surface area contributed by atoms with Gasteiger partial charge in [0.05, 0.1) is 0 Å². The minimum absolute atomic E-state index is 0.400. The molecule has 1 fully saturated rings. The molecule has 1 saturated heterocycles. The van der Waals surface area contributed by atoms with Crippen LogP contribution in [-0.4, -0.2) is 55.1 Å². The smallest absolute Gasteiger partial charge is 0.137 e. The van der Waals surface area contributed by atoms with Gasteiger partial charge in [-0.05, 0) is 32.4 Å². The first kappa shape index (κ1) is 15.0. The molecule has 1 unspecified atom stereocenters. The summed E-state index contributed by atoms with van der Waals surface area (Å²) in [5.41, 5.74) is 1.21. The number of nitrogens with one attached hydrogen (secondary N) is 1. The maximum Gasteiger partial charge on any atom is 0.137 e. The minimum atomic E-state index is 0.400. The first-order chi connectivity index (χ1) is 9.54. The normalized spacial score (nSPS) is 19.6. The van der Waals surface area contributed by atoms with E-state index in [4.69, 9.17) is 0 Å². The predicted octanol–water partition coefficient (Wildman–Crippen LogP) is 2.17. The molecular formula is C15H27N5. The van der Waals surface area contributed by atoms with E-state index in [0.29, 0.717) is 12.0 Å². The second-order valence-electron chi connectivity index (χ2n) is 6.02. The molecule has 5 nitrogen and oxygen atoms in total. The fourth-order valence-electron chi connectivity index (χ4n) is 3.03. The standard InChI is InChI=1S/C15H27N5/c1-11(2)13-14(16-3)17-10-18-15(13)20(5)9-12-7-6-8-19(12)4/h10-12H,6-9H2,1-5H3,(H,16,17,18). The summed E-state index contributed by atoms with van der Waals surface area (Å²) in [6, 6.07) is 0.632. The molecule has 1 atom stereocenters. The molecule has 112 valence electrons. The molecule has 2 rings (SSSR count). The zero-order valence-electron chi connectivity index (χ0n) is 13.3. The minimum Gasteiger partial charge on any atom is -0.373 e. The lowest BCUT2D eigenvalue weighted by Gasteiger charge is -2.29. The van der Waals surface area contributed by atoms with E-state index in [1.165, 1.54) is 24.9 Å². The lowest BCUT2D eigenvalue weighted by molar-refractivity contribution is 0.314. The largest absolute Gasteiger partial charge is 0.373 e. The molecule has 0 aliphatic carbocycles. The Kier molecular flexibility index (Phi) is 4.81. The average molecular weight is 277 g/mol. The molecule has 5 heteroatoms. The van der Waals surface area contributed by atoms with Crippen LogP contribution in [0.2, 0.25) is 0 Å². The predicted molar refractivity (Wildman–Crippen MR) is 84.6 cm³/mol. The number of nitrogens with zero attached hydrogens (tertiary/aromatic N) is 4. The van der Waals surface area contributed by atoms with Crippen LogP contribution in [0.25, 0.3) is 0 Å². The summed E-state index contributed by atoms with van der Waals surface area (Å²) < 4.78 is 0. The van der Waals surface area contributed by atoms with Gasteiger partial charge in [-0.3, -0.25) is 0 Å². The second-order valence-corrected chi connectivity index (χ2v) is 6.02. The van der Waals surface area contributed by atoms with E-state index < -0.39 is 0 Å². The van der Waals surface area contributed by atoms with Gasteiger partial charge in [0.15, 0.2) is 0 Å². The molecule has 1 N–H and O–H groups in total. The molecule has 0 saturated carbocycles. The van der Waals surface area contributed by atoms with Crippen molar-refractivity contribution in [1.29, 1.82) is 0 Å². The van der Waals surface area contributed by atoms with Crippen molar-refractivity contribution in [2.75, 3.05) is 44.4 Å². The van der Waals surface area contributed by atoms with Crippen molar-refractivity contribution in [2.24, 2.45) is 0 Å². The van der Waals surface area contributed by atoms with Crippen LogP contribution in [-0.2, 0) is 0 Å². The highest BCUT2D eigenvalue weighted by atomic mass is 15.2. The summed E-state index contributed by atoms with van der Waals surface area (Å²) in [6.07, 6.45) is 4.24. The van der Waals surface area contributed by atoms with Gasteiger partial charge in [-0.2, -0.15) is 0 Å². The zero-order valence-corrected chi connectivity index (χ0v) is 13.3. The maximum absolute atomic E-state index is 4.53. The van der Waals surface area contributed by atoms with Crippen molar-refractivity contribution in [3.63, 3.8) is 0 Å². The molecule has 0 radical (unpaired) electrons. The molecule has 1 aromatic rings. The van der Waals surface area contributed by atoms with Gasteiger partial charge in [0.2, 0.25) is 0 Å². The van der Waals surface area contributed by atoms with E-state index in [-0.39, 0.29) is 0 Å². The fraction of sp³-hybridized carbons (Fsp3) is 0.733. The first-order valence-electron chi connectivity index (χ1n) is 7.48. The van der Waals surface area contributed by atoms with Crippen molar-refractivity contribution in [1.82, 2.24) is 14.9 Å². The van der Waals surface area contributed by atoms with Gasteiger partial charge in [-0.15, -0.1) is 0 Å². The van der Waals surface area contributed by atoms with Crippen LogP contribution in [0.4, 0.5) is 11.6 Å². The number of anilines is 2. The number of hydrogen-bond acceptors (Lipinski definition) is 5. The Bertz CT molecular complexity index is 446. The lowest BCUT2D eigenvalue weighted by Crippen LogP contribution is -2.37. The molecule has 1 aliphatic rings. The molecule has 1 aromatic heterocycles. The van der Waals surface area contributed by atoms with Gasteiger partial charge in [-0.1, -0.05) is 13.8 Å². The van der Waals surface area contributed by atoms with Gasteiger partial charge in [0, 0.05) is 32.2 Å². The summed E-state index contributed by atoms with van der Waals surface area (Å²) >= 11 is 0. The van der Waals surface area contributed by atoms with Crippen LogP contribution < -0.4 is 10.2 Å². The van der Waals surface area contributed by atoms with Crippen LogP contribution in [0.3, 0.4) is 0 Å². The maximum atomic E-state index is 4.53. The topological polar surface area (TPSA) is 44.3 Å². The Labute approximate surface area is 122 Å². The molecule has 0 bridgehead atoms. The third-order valence-corrected chi connectivity index (χ3v) is 4.19. The van der Waals surface area contributed by atoms with Crippen molar-refractivity contribution in [3.05, 3.63) is 11.9 Å². The van der Waals surface area contributed by atoms with E-state index in [9.17, 15) is 0 Å². The van der Waals surface area contributed by atoms with Crippen molar-refractivity contribution >= 4 is 11.6 Å². The molecule has 20 heavy (non-hydrogen) atoms. The third kappa shape index (κ3) is 3.03. The Morgan fingerprint density at radius 1 is 1.45 bits per heavy atom. The van der Waals surface area contributed by atoms with E-state index >= 15 is 0 Å². The van der Waals surface area contributed by atoms with E-state index in [0.717, 1.165) is 18.2 Å². The SMILES string of the molecule is CNc1ncnc(N(C)CC2CCCN2C)c1C(C)C. The van der Waals surface area contributed by atoms with Gasteiger partial charge >= 0.3 is 0 Å². The van der Waals surface area contributed by atoms with Gasteiger partial charge < -0.3 is 15.1 Å². The van der Waals surface area contributed by atoms with E-state index in [2.05, 4.69) is 53.0 Å². The molecule has 0 aromatic carbocycles. The summed E-state index contributed by atoms with van der Waals surface area (Å²) in [7, 11) is 6.27. The number of likely N-dealkylation sites (tertiary alicyclic amines) is 1. The van der Waals surface area contributed by atoms with Gasteiger partial charge in [-0.25, -0.2) is 9.97 Å². The third-order valence-electron chi connectivity index (χ3n) is 4.19. The second kappa shape index (κ2) is 6.39. The van der Waals surface area contributed by atoms with Crippen LogP contribution in [0, 0.1) is 0 Å². The van der Waals surface area contributed by atoms with Crippen LogP contribution in [0.15, 0.2) is 6.33 Å². The summed E-state index contributed by atoms with van der Waals surface area (Å²) in [4.78, 5) is 13.6. The highest BCUT2D eigenvalue weighted by molar-refractivity contribution is 5.59. The van der Waals surface area contributed by atoms with E-state index in [1.54, 1.807) is 6.33 Å². The fourth-order valence-corrected chi connectivity index (χ4v) is 3.03. The van der Waals surface area contributed by atoms with Crippen molar-refractivity contribution in [3.8, 4) is 0 Å². The van der Waals surface area contributed by atoms with Crippen molar-refractivity contribution in [2.45, 2.75) is 38.6 Å². The van der Waals surface area contributed by atoms with Crippen molar-refractivity contribution < 1.29 is 0 Å². The zero-order chi connectivity index (χ0) is 14.7. The highest BCUT2D eigenvalue weighted by Gasteiger charge is 2.24. The number of rotatable bonds is 5. The highest BCUT2D eigenvalue weighted by Crippen LogP contribution is 2.30. The van der Waals surface area contributed by atoms with Crippen LogP contribution in [0.5, 0.6) is 0 Å². The Balaban J connectivity index is 2.22. The first-order valence-corrected chi connectivity index (χ1v) is 7.48. The Morgan fingerprint density at radius 3 is 2.75 bits per heavy atom. The quantitative estimate of drug-likeness (QED) is 0.893. The monoisotopic (exact) mass is 277 g/mol. The van der Waals surface area contributed by atoms with Gasteiger partial charge in [0.25, 0.3) is 0 Å². The summed E-state index contributed by atoms with van der Waals surface area (Å²) in [5.74, 6) is 2.40. The number of hydrogen-bond donors (Lipinski definition) is 1. The molecule has 0 amide bonds. The Hall–Kier alpha value is -1.36. The molecule has 0 spiro atoms. The average Bonchev–Trinajstić information content (AvgIpc) is 2.83. The van der Waals surface area contributed by atoms with Crippen LogP contribution in [0.1, 0.15) is 38.2 Å². The summed E-state index contributed by atoms with van der Waals surface area (Å²) in [5, 5.41) is 3.19. The van der Waals surface area contributed by atoms with Crippen LogP contribution >= 0.6 is 0 Å².